The molecule has 0 heterocycles. The van der Waals surface area contributed by atoms with Crippen molar-refractivity contribution in [2.24, 2.45) is 11.8 Å². The summed E-state index contributed by atoms with van der Waals surface area (Å²) in [5.74, 6) is -6.96. The Morgan fingerprint density at radius 1 is 1.11 bits per heavy atom. The molecule has 2 atom stereocenters. The monoisotopic (exact) mass is 531 g/mol. The van der Waals surface area contributed by atoms with E-state index in [-0.39, 0.29) is 40.4 Å². The zero-order valence-electron chi connectivity index (χ0n) is 18.4. The summed E-state index contributed by atoms with van der Waals surface area (Å²) in [4.78, 5) is 24.0. The molecule has 35 heavy (non-hydrogen) atoms. The lowest BCUT2D eigenvalue weighted by Gasteiger charge is -2.57. The molecule has 3 saturated carbocycles. The molecule has 1 amide bonds. The van der Waals surface area contributed by atoms with E-state index in [0.29, 0.717) is 18.6 Å². The first-order valence-electron chi connectivity index (χ1n) is 10.6. The number of hydrogen-bond acceptors (Lipinski definition) is 6. The summed E-state index contributed by atoms with van der Waals surface area (Å²) < 4.78 is 71.5. The van der Waals surface area contributed by atoms with Gasteiger partial charge in [-0.2, -0.15) is 0 Å². The van der Waals surface area contributed by atoms with Crippen molar-refractivity contribution in [3.63, 3.8) is 0 Å². The molecule has 0 saturated heterocycles. The van der Waals surface area contributed by atoms with E-state index in [1.807, 2.05) is 0 Å². The van der Waals surface area contributed by atoms with Crippen molar-refractivity contribution in [1.29, 1.82) is 0 Å². The molecule has 2 bridgehead atoms. The molecule has 0 aromatic heterocycles. The minimum Gasteiger partial charge on any atom is -0.469 e. The van der Waals surface area contributed by atoms with Gasteiger partial charge in [0.05, 0.1) is 34.3 Å². The number of rotatable bonds is 6. The maximum absolute atomic E-state index is 13.4. The molecule has 0 radical (unpaired) electrons. The first-order valence-corrected chi connectivity index (χ1v) is 12.6. The first kappa shape index (κ1) is 25.5. The third-order valence-corrected chi connectivity index (χ3v) is 9.57. The van der Waals surface area contributed by atoms with E-state index in [1.54, 1.807) is 0 Å². The summed E-state index contributed by atoms with van der Waals surface area (Å²) in [5.41, 5.74) is -1.83. The topological polar surface area (TPSA) is 110 Å². The number of halogens is 4. The number of ether oxygens (including phenoxy) is 1. The molecule has 2 aromatic carbocycles. The number of fused-ring (bicyclic) bond motifs is 2. The quantitative estimate of drug-likeness (QED) is 0.432. The predicted octanol–water partition coefficient (Wildman–Crippen LogP) is 3.88. The van der Waals surface area contributed by atoms with Crippen molar-refractivity contribution in [3.05, 3.63) is 58.4 Å². The highest BCUT2D eigenvalue weighted by Crippen LogP contribution is 2.57. The molecule has 188 valence electrons. The van der Waals surface area contributed by atoms with Crippen molar-refractivity contribution in [2.75, 3.05) is 12.4 Å². The van der Waals surface area contributed by atoms with Crippen molar-refractivity contribution >= 4 is 39.0 Å². The van der Waals surface area contributed by atoms with Gasteiger partial charge in [0.15, 0.2) is 27.3 Å². The summed E-state index contributed by atoms with van der Waals surface area (Å²) >= 11 is 6.15. The highest BCUT2D eigenvalue weighted by Gasteiger charge is 2.60. The number of carbonyl (C=O) groups is 2. The van der Waals surface area contributed by atoms with Gasteiger partial charge in [0.25, 0.3) is 5.91 Å². The molecular formula is C23H21ClF3NO6S. The molecule has 2 aromatic rings. The Morgan fingerprint density at radius 3 is 2.29 bits per heavy atom. The van der Waals surface area contributed by atoms with Crippen LogP contribution >= 0.6 is 11.6 Å². The van der Waals surface area contributed by atoms with Gasteiger partial charge in [0.2, 0.25) is 0 Å². The van der Waals surface area contributed by atoms with E-state index in [4.69, 9.17) is 11.6 Å². The number of carbonyl (C=O) groups excluding carboxylic acids is 2. The lowest BCUT2D eigenvalue weighted by Crippen LogP contribution is -2.62. The van der Waals surface area contributed by atoms with E-state index in [0.717, 1.165) is 6.07 Å². The number of esters is 1. The highest BCUT2D eigenvalue weighted by molar-refractivity contribution is 7.92. The Bertz CT molecular complexity index is 1280. The molecule has 12 heteroatoms. The first-order chi connectivity index (χ1) is 16.4. The van der Waals surface area contributed by atoms with Crippen LogP contribution in [0.4, 0.5) is 18.9 Å². The maximum atomic E-state index is 13.4. The number of nitrogens with one attached hydrogen (secondary N) is 1. The summed E-state index contributed by atoms with van der Waals surface area (Å²) in [6.45, 7) is 0. The number of hydrogen-bond donors (Lipinski definition) is 2. The smallest absolute Gasteiger partial charge is 0.308 e. The Morgan fingerprint density at radius 2 is 1.71 bits per heavy atom. The Labute approximate surface area is 204 Å². The highest BCUT2D eigenvalue weighted by atomic mass is 35.5. The van der Waals surface area contributed by atoms with Crippen molar-refractivity contribution in [2.45, 2.75) is 41.4 Å². The largest absolute Gasteiger partial charge is 0.469 e. The molecular weight excluding hydrogens is 511 g/mol. The summed E-state index contributed by atoms with van der Waals surface area (Å²) in [5, 5.41) is 12.0. The van der Waals surface area contributed by atoms with Crippen molar-refractivity contribution in [3.8, 4) is 0 Å². The normalized spacial score (nSPS) is 25.5. The van der Waals surface area contributed by atoms with E-state index in [1.165, 1.54) is 19.2 Å². The van der Waals surface area contributed by atoms with Gasteiger partial charge in [0.1, 0.15) is 0 Å². The SMILES string of the molecule is COC(=O)C[C@]1(O)C2CC1C[C@@H](S(=O)(=O)c1cc(C(=O)Nc3cc(F)c(F)c(F)c3)ccc1Cl)C2. The number of anilines is 1. The number of methoxy groups -OCH3 is 1. The average molecular weight is 532 g/mol. The Hall–Kier alpha value is -2.63. The second kappa shape index (κ2) is 9.11. The zero-order chi connectivity index (χ0) is 25.7. The maximum Gasteiger partial charge on any atom is 0.308 e. The molecule has 3 fully saturated rings. The van der Waals surface area contributed by atoms with Crippen LogP contribution in [0, 0.1) is 29.3 Å². The van der Waals surface area contributed by atoms with Gasteiger partial charge in [-0.25, -0.2) is 21.6 Å². The van der Waals surface area contributed by atoms with E-state index >= 15 is 0 Å². The fourth-order valence-corrected chi connectivity index (χ4v) is 7.38. The molecule has 3 aliphatic rings. The lowest BCUT2D eigenvalue weighted by atomic mass is 9.52. The minimum absolute atomic E-state index is 0.104. The van der Waals surface area contributed by atoms with Gasteiger partial charge in [-0.05, 0) is 49.3 Å². The van der Waals surface area contributed by atoms with Crippen LogP contribution in [-0.2, 0) is 19.4 Å². The molecule has 2 unspecified atom stereocenters. The van der Waals surface area contributed by atoms with E-state index in [2.05, 4.69) is 10.1 Å². The number of sulfone groups is 1. The van der Waals surface area contributed by atoms with E-state index in [9.17, 15) is 36.3 Å². The van der Waals surface area contributed by atoms with Crippen LogP contribution in [0.5, 0.6) is 0 Å². The second-order valence-electron chi connectivity index (χ2n) is 8.87. The summed E-state index contributed by atoms with van der Waals surface area (Å²) in [6, 6.07) is 4.69. The summed E-state index contributed by atoms with van der Waals surface area (Å²) in [6.07, 6.45) is 0.577. The van der Waals surface area contributed by atoms with Crippen LogP contribution < -0.4 is 5.32 Å². The van der Waals surface area contributed by atoms with E-state index < -0.39 is 61.9 Å². The standard InChI is InChI=1S/C23H21ClF3NO6S/c1-34-20(29)10-23(31)12-5-13(23)7-15(6-12)35(32,33)19-4-11(2-3-16(19)24)22(30)28-14-8-17(25)21(27)18(26)9-14/h2-4,8-9,12-13,15,31H,5-7,10H2,1H3,(H,28,30)/t12?,13?,15-,23-. The van der Waals surface area contributed by atoms with Gasteiger partial charge in [-0.1, -0.05) is 11.6 Å². The van der Waals surface area contributed by atoms with Crippen LogP contribution in [0.1, 0.15) is 36.0 Å². The number of amides is 1. The molecule has 5 rings (SSSR count). The third-order valence-electron chi connectivity index (χ3n) is 6.91. The minimum atomic E-state index is -4.04. The van der Waals surface area contributed by atoms with Gasteiger partial charge >= 0.3 is 5.97 Å². The Balaban J connectivity index is 1.55. The molecule has 3 aliphatic carbocycles. The molecule has 7 nitrogen and oxygen atoms in total. The van der Waals surface area contributed by atoms with Crippen molar-refractivity contribution < 1.29 is 41.0 Å². The number of benzene rings is 2. The van der Waals surface area contributed by atoms with Crippen LogP contribution in [0.3, 0.4) is 0 Å². The average Bonchev–Trinajstić information content (AvgIpc) is 2.82. The molecule has 2 N–H and O–H groups in total. The van der Waals surface area contributed by atoms with Crippen LogP contribution in [0.15, 0.2) is 35.2 Å². The Kier molecular flexibility index (Phi) is 6.62. The zero-order valence-corrected chi connectivity index (χ0v) is 19.9. The molecule has 0 spiro atoms. The van der Waals surface area contributed by atoms with Crippen LogP contribution in [-0.4, -0.2) is 43.4 Å². The third kappa shape index (κ3) is 4.52. The van der Waals surface area contributed by atoms with Gasteiger partial charge in [-0.3, -0.25) is 9.59 Å². The van der Waals surface area contributed by atoms with Gasteiger partial charge in [-0.15, -0.1) is 0 Å². The van der Waals surface area contributed by atoms with Crippen LogP contribution in [0.2, 0.25) is 5.02 Å². The van der Waals surface area contributed by atoms with Gasteiger partial charge < -0.3 is 15.2 Å². The molecule has 0 aliphatic heterocycles. The lowest BCUT2D eigenvalue weighted by molar-refractivity contribution is -0.191. The van der Waals surface area contributed by atoms with Crippen molar-refractivity contribution in [1.82, 2.24) is 0 Å². The predicted molar refractivity (Wildman–Crippen MR) is 119 cm³/mol. The van der Waals surface area contributed by atoms with Crippen LogP contribution in [0.25, 0.3) is 0 Å². The fraction of sp³-hybridized carbons (Fsp3) is 0.391. The second-order valence-corrected chi connectivity index (χ2v) is 11.5. The summed E-state index contributed by atoms with van der Waals surface area (Å²) in [7, 11) is -2.83. The van der Waals surface area contributed by atoms with Gasteiger partial charge in [0, 0.05) is 23.4 Å². The number of aliphatic hydroxyl groups is 1. The fourth-order valence-electron chi connectivity index (χ4n) is 4.97.